The van der Waals surface area contributed by atoms with Crippen LogP contribution in [0.1, 0.15) is 13.3 Å². The summed E-state index contributed by atoms with van der Waals surface area (Å²) in [6.07, 6.45) is 4.79. The van der Waals surface area contributed by atoms with Crippen LogP contribution in [0.4, 0.5) is 0 Å². The first-order valence-corrected chi connectivity index (χ1v) is 4.74. The fourth-order valence-electron chi connectivity index (χ4n) is 1.33. The molecule has 0 bridgehead atoms. The van der Waals surface area contributed by atoms with Crippen LogP contribution < -0.4 is 12.4 Å². The molecule has 13 heavy (non-hydrogen) atoms. The monoisotopic (exact) mass is 223 g/mol. The summed E-state index contributed by atoms with van der Waals surface area (Å²) in [6, 6.07) is 0. The molecule has 0 aliphatic rings. The number of alkyl halides is 1. The Kier molecular flexibility index (Phi) is 8.85. The van der Waals surface area contributed by atoms with Gasteiger partial charge < -0.3 is 16.9 Å². The van der Waals surface area contributed by atoms with E-state index in [9.17, 15) is 0 Å². The number of rotatable bonds is 6. The molecule has 0 aliphatic heterocycles. The summed E-state index contributed by atoms with van der Waals surface area (Å²) in [5, 5.41) is 0. The minimum absolute atomic E-state index is 0. The topological polar surface area (TPSA) is 0 Å². The molecule has 78 valence electrons. The molecular weight excluding hydrogens is 205 g/mol. The second kappa shape index (κ2) is 7.43. The van der Waals surface area contributed by atoms with Crippen LogP contribution >= 0.6 is 11.6 Å². The Bertz CT molecular complexity index is 147. The summed E-state index contributed by atoms with van der Waals surface area (Å²) in [6.45, 7) is 11.4. The van der Waals surface area contributed by atoms with Gasteiger partial charge in [0.05, 0.1) is 20.1 Å². The van der Waals surface area contributed by atoms with Gasteiger partial charge in [0.25, 0.3) is 0 Å². The Morgan fingerprint density at radius 2 is 1.69 bits per heavy atom. The van der Waals surface area contributed by atoms with Crippen molar-refractivity contribution in [2.75, 3.05) is 20.1 Å². The quantitative estimate of drug-likeness (QED) is 0.253. The van der Waals surface area contributed by atoms with Gasteiger partial charge in [-0.15, -0.1) is 0 Å². The standard InChI is InChI=1S/C10H19ClN.ClH/c1-5-8-12(4,9-6-2)10(11)7-3;/h5-6,10H,1-2,7-9H2,3-4H3;1H/q+1;/p-1. The zero-order valence-electron chi connectivity index (χ0n) is 8.47. The van der Waals surface area contributed by atoms with Crippen LogP contribution in [0.2, 0.25) is 0 Å². The SMILES string of the molecule is C=CC[N+](C)(CC=C)C(Cl)CC.[Cl-]. The Labute approximate surface area is 93.1 Å². The van der Waals surface area contributed by atoms with Crippen LogP contribution in [0.3, 0.4) is 0 Å². The lowest BCUT2D eigenvalue weighted by molar-refractivity contribution is -0.910. The highest BCUT2D eigenvalue weighted by Crippen LogP contribution is 2.17. The van der Waals surface area contributed by atoms with Gasteiger partial charge in [0, 0.05) is 6.42 Å². The van der Waals surface area contributed by atoms with Gasteiger partial charge >= 0.3 is 0 Å². The molecule has 0 aliphatic carbocycles. The summed E-state index contributed by atoms with van der Waals surface area (Å²) in [7, 11) is 2.13. The fraction of sp³-hybridized carbons (Fsp3) is 0.600. The van der Waals surface area contributed by atoms with E-state index < -0.39 is 0 Å². The van der Waals surface area contributed by atoms with E-state index in [0.29, 0.717) is 0 Å². The summed E-state index contributed by atoms with van der Waals surface area (Å²) >= 11 is 6.21. The largest absolute Gasteiger partial charge is 1.00 e. The first kappa shape index (κ1) is 15.5. The zero-order valence-corrected chi connectivity index (χ0v) is 9.98. The van der Waals surface area contributed by atoms with Gasteiger partial charge in [0.2, 0.25) is 0 Å². The van der Waals surface area contributed by atoms with Gasteiger partial charge in [0.1, 0.15) is 0 Å². The van der Waals surface area contributed by atoms with Crippen molar-refractivity contribution in [1.29, 1.82) is 0 Å². The third-order valence-electron chi connectivity index (χ3n) is 2.11. The van der Waals surface area contributed by atoms with E-state index in [0.717, 1.165) is 24.0 Å². The average Bonchev–Trinajstić information content (AvgIpc) is 2.04. The number of quaternary nitrogens is 1. The Morgan fingerprint density at radius 1 is 1.31 bits per heavy atom. The molecule has 0 heterocycles. The van der Waals surface area contributed by atoms with Crippen molar-refractivity contribution < 1.29 is 16.9 Å². The lowest BCUT2D eigenvalue weighted by Gasteiger charge is -2.36. The summed E-state index contributed by atoms with van der Waals surface area (Å²) in [5.74, 6) is 0. The average molecular weight is 224 g/mol. The lowest BCUT2D eigenvalue weighted by atomic mass is 10.3. The normalized spacial score (nSPS) is 12.8. The van der Waals surface area contributed by atoms with E-state index in [1.54, 1.807) is 0 Å². The van der Waals surface area contributed by atoms with Crippen LogP contribution in [-0.4, -0.2) is 30.1 Å². The molecule has 1 nitrogen and oxygen atoms in total. The number of hydrogen-bond donors (Lipinski definition) is 0. The van der Waals surface area contributed by atoms with Gasteiger partial charge in [0.15, 0.2) is 5.50 Å². The maximum atomic E-state index is 6.21. The Hall–Kier alpha value is 0.0200. The molecule has 0 saturated heterocycles. The molecule has 0 rings (SSSR count). The zero-order chi connectivity index (χ0) is 9.61. The smallest absolute Gasteiger partial charge is 0.164 e. The molecule has 0 aromatic heterocycles. The highest BCUT2D eigenvalue weighted by Gasteiger charge is 2.26. The highest BCUT2D eigenvalue weighted by molar-refractivity contribution is 6.19. The van der Waals surface area contributed by atoms with Crippen molar-refractivity contribution in [3.8, 4) is 0 Å². The molecule has 0 aromatic carbocycles. The maximum Gasteiger partial charge on any atom is 0.164 e. The van der Waals surface area contributed by atoms with E-state index in [1.807, 2.05) is 12.2 Å². The van der Waals surface area contributed by atoms with Crippen molar-refractivity contribution in [3.63, 3.8) is 0 Å². The van der Waals surface area contributed by atoms with Crippen molar-refractivity contribution in [1.82, 2.24) is 0 Å². The number of likely N-dealkylation sites (N-methyl/N-ethyl adjacent to an activating group) is 1. The molecule has 1 atom stereocenters. The molecule has 3 heteroatoms. The second-order valence-electron chi connectivity index (χ2n) is 3.26. The van der Waals surface area contributed by atoms with Crippen LogP contribution in [0.15, 0.2) is 25.3 Å². The summed E-state index contributed by atoms with van der Waals surface area (Å²) < 4.78 is 0.797. The molecule has 0 saturated carbocycles. The van der Waals surface area contributed by atoms with Crippen molar-refractivity contribution in [2.24, 2.45) is 0 Å². The van der Waals surface area contributed by atoms with Gasteiger partial charge in [-0.25, -0.2) is 0 Å². The number of halogens is 2. The third-order valence-corrected chi connectivity index (χ3v) is 2.89. The predicted octanol–water partition coefficient (Wildman–Crippen LogP) is -0.216. The molecule has 0 aromatic rings. The minimum atomic E-state index is 0. The van der Waals surface area contributed by atoms with Crippen LogP contribution in [0, 0.1) is 0 Å². The molecule has 0 N–H and O–H groups in total. The molecule has 0 fully saturated rings. The Balaban J connectivity index is 0. The second-order valence-corrected chi connectivity index (χ2v) is 3.77. The molecule has 0 amide bonds. The van der Waals surface area contributed by atoms with Gasteiger partial charge in [-0.3, -0.25) is 0 Å². The van der Waals surface area contributed by atoms with E-state index in [2.05, 4.69) is 27.1 Å². The number of hydrogen-bond acceptors (Lipinski definition) is 0. The van der Waals surface area contributed by atoms with Crippen LogP contribution in [-0.2, 0) is 0 Å². The van der Waals surface area contributed by atoms with Crippen molar-refractivity contribution >= 4 is 11.6 Å². The van der Waals surface area contributed by atoms with Crippen molar-refractivity contribution in [3.05, 3.63) is 25.3 Å². The first-order valence-electron chi connectivity index (χ1n) is 4.30. The maximum absolute atomic E-state index is 6.21. The van der Waals surface area contributed by atoms with Gasteiger partial charge in [-0.1, -0.05) is 31.7 Å². The molecule has 1 unspecified atom stereocenters. The first-order chi connectivity index (χ1) is 5.60. The molecular formula is C10H19Cl2N. The minimum Gasteiger partial charge on any atom is -1.00 e. The summed E-state index contributed by atoms with van der Waals surface area (Å²) in [5.41, 5.74) is 0.154. The van der Waals surface area contributed by atoms with E-state index in [-0.39, 0.29) is 17.9 Å². The third kappa shape index (κ3) is 4.70. The van der Waals surface area contributed by atoms with E-state index in [1.165, 1.54) is 0 Å². The van der Waals surface area contributed by atoms with Gasteiger partial charge in [-0.05, 0) is 12.2 Å². The van der Waals surface area contributed by atoms with E-state index >= 15 is 0 Å². The lowest BCUT2D eigenvalue weighted by Crippen LogP contribution is -3.00. The molecule has 0 radical (unpaired) electrons. The molecule has 0 spiro atoms. The van der Waals surface area contributed by atoms with E-state index in [4.69, 9.17) is 11.6 Å². The number of nitrogens with zero attached hydrogens (tertiary/aromatic N) is 1. The predicted molar refractivity (Wildman–Crippen MR) is 56.2 cm³/mol. The summed E-state index contributed by atoms with van der Waals surface area (Å²) in [4.78, 5) is 0. The fourth-order valence-corrected chi connectivity index (χ4v) is 1.49. The van der Waals surface area contributed by atoms with Crippen LogP contribution in [0.5, 0.6) is 0 Å². The van der Waals surface area contributed by atoms with Crippen molar-refractivity contribution in [2.45, 2.75) is 18.8 Å². The highest BCUT2D eigenvalue weighted by atomic mass is 35.5. The van der Waals surface area contributed by atoms with Gasteiger partial charge in [-0.2, -0.15) is 0 Å². The Morgan fingerprint density at radius 3 is 1.92 bits per heavy atom. The van der Waals surface area contributed by atoms with Crippen LogP contribution in [0.25, 0.3) is 0 Å².